The van der Waals surface area contributed by atoms with Crippen molar-refractivity contribution in [1.29, 1.82) is 0 Å². The third kappa shape index (κ3) is 3.85. The molecule has 0 aliphatic rings. The summed E-state index contributed by atoms with van der Waals surface area (Å²) < 4.78 is 8.63. The van der Waals surface area contributed by atoms with Crippen molar-refractivity contribution in [2.45, 2.75) is 6.92 Å². The molecule has 10 heteroatoms. The number of fused-ring (bicyclic) bond motifs is 6. The number of carbonyl (C=O) groups excluding carboxylic acids is 1. The number of rotatable bonds is 3. The fourth-order valence-electron chi connectivity index (χ4n) is 4.14. The van der Waals surface area contributed by atoms with E-state index in [1.165, 1.54) is 6.07 Å². The number of ether oxygens (including phenoxy) is 1. The van der Waals surface area contributed by atoms with Crippen LogP contribution in [0, 0.1) is 0 Å². The van der Waals surface area contributed by atoms with E-state index >= 15 is 0 Å². The molecule has 0 aliphatic carbocycles. The van der Waals surface area contributed by atoms with Gasteiger partial charge in [0.15, 0.2) is 5.15 Å². The number of hydrogen-bond acceptors (Lipinski definition) is 5. The van der Waals surface area contributed by atoms with Gasteiger partial charge in [0, 0.05) is 12.4 Å². The average molecular weight is 503 g/mol. The van der Waals surface area contributed by atoms with Crippen molar-refractivity contribution in [3.63, 3.8) is 0 Å². The van der Waals surface area contributed by atoms with Crippen LogP contribution in [-0.2, 0) is 4.74 Å². The monoisotopic (exact) mass is 502 g/mol. The van der Waals surface area contributed by atoms with E-state index in [4.69, 9.17) is 21.4 Å². The Kier molecular flexibility index (Phi) is 5.91. The van der Waals surface area contributed by atoms with E-state index in [0.29, 0.717) is 39.4 Å². The summed E-state index contributed by atoms with van der Waals surface area (Å²) in [5, 5.41) is 9.43. The zero-order valence-corrected chi connectivity index (χ0v) is 19.7. The molecule has 0 fully saturated rings. The third-order valence-electron chi connectivity index (χ3n) is 5.69. The molecular weight excluding hydrogens is 484 g/mol. The highest BCUT2D eigenvalue weighted by Gasteiger charge is 2.15. The van der Waals surface area contributed by atoms with Gasteiger partial charge in [-0.05, 0) is 55.5 Å². The van der Waals surface area contributed by atoms with Crippen LogP contribution in [-0.4, -0.2) is 42.4 Å². The van der Waals surface area contributed by atoms with E-state index < -0.39 is 5.97 Å². The van der Waals surface area contributed by atoms with Gasteiger partial charge in [-0.25, -0.2) is 14.6 Å². The van der Waals surface area contributed by atoms with Gasteiger partial charge < -0.3 is 23.6 Å². The van der Waals surface area contributed by atoms with Crippen LogP contribution >= 0.6 is 11.6 Å². The van der Waals surface area contributed by atoms with E-state index in [1.54, 1.807) is 47.9 Å². The Bertz CT molecular complexity index is 1850. The molecule has 0 saturated heterocycles. The number of carbonyl (C=O) groups is 2. The van der Waals surface area contributed by atoms with Gasteiger partial charge in [-0.1, -0.05) is 23.7 Å². The maximum atomic E-state index is 11.9. The quantitative estimate of drug-likeness (QED) is 0.336. The number of nitrogens with zero attached hydrogens (tertiary/aromatic N) is 3. The molecule has 0 amide bonds. The fourth-order valence-corrected chi connectivity index (χ4v) is 4.37. The minimum Gasteiger partial charge on any atom is -0.478 e. The molecule has 4 aromatic heterocycles. The lowest BCUT2D eigenvalue weighted by Crippen LogP contribution is -2.12. The Morgan fingerprint density at radius 3 is 2.22 bits per heavy atom. The summed E-state index contributed by atoms with van der Waals surface area (Å²) in [5.74, 6) is -1.44. The summed E-state index contributed by atoms with van der Waals surface area (Å²) in [6, 6.07) is 17.5. The highest BCUT2D eigenvalue weighted by atomic mass is 35.5. The Hall–Kier alpha value is -4.63. The van der Waals surface area contributed by atoms with E-state index in [0.717, 1.165) is 11.0 Å². The zero-order chi connectivity index (χ0) is 25.4. The van der Waals surface area contributed by atoms with E-state index in [1.807, 2.05) is 34.9 Å². The first-order chi connectivity index (χ1) is 17.4. The number of benzene rings is 2. The van der Waals surface area contributed by atoms with E-state index in [9.17, 15) is 14.4 Å². The molecule has 36 heavy (non-hydrogen) atoms. The molecule has 6 aromatic rings. The molecule has 2 N–H and O–H groups in total. The molecule has 0 saturated carbocycles. The van der Waals surface area contributed by atoms with Gasteiger partial charge in [-0.3, -0.25) is 4.79 Å². The molecule has 0 unspecified atom stereocenters. The predicted molar refractivity (Wildman–Crippen MR) is 136 cm³/mol. The summed E-state index contributed by atoms with van der Waals surface area (Å²) in [7, 11) is 0. The van der Waals surface area contributed by atoms with Gasteiger partial charge in [0.2, 0.25) is 0 Å². The topological polar surface area (TPSA) is 118 Å². The number of para-hydroxylation sites is 2. The van der Waals surface area contributed by atoms with Crippen molar-refractivity contribution in [3.05, 3.63) is 99.7 Å². The van der Waals surface area contributed by atoms with Gasteiger partial charge >= 0.3 is 11.9 Å². The number of halogens is 1. The molecule has 0 spiro atoms. The lowest BCUT2D eigenvalue weighted by molar-refractivity contribution is 0.0528. The van der Waals surface area contributed by atoms with Crippen LogP contribution in [0.2, 0.25) is 5.15 Å². The second-order valence-corrected chi connectivity index (χ2v) is 8.14. The van der Waals surface area contributed by atoms with Crippen LogP contribution in [0.5, 0.6) is 0 Å². The minimum absolute atomic E-state index is 0.0928. The van der Waals surface area contributed by atoms with Crippen LogP contribution in [0.15, 0.2) is 77.9 Å². The predicted octanol–water partition coefficient (Wildman–Crippen LogP) is 4.80. The Labute approximate surface area is 208 Å². The molecule has 0 radical (unpaired) electrons. The number of nitrogens with one attached hydrogen (secondary N) is 1. The van der Waals surface area contributed by atoms with Crippen molar-refractivity contribution in [2.24, 2.45) is 0 Å². The number of aromatic carboxylic acids is 1. The highest BCUT2D eigenvalue weighted by molar-refractivity contribution is 6.33. The Balaban J connectivity index is 0.000000149. The second-order valence-electron chi connectivity index (χ2n) is 7.78. The lowest BCUT2D eigenvalue weighted by Gasteiger charge is -2.08. The lowest BCUT2D eigenvalue weighted by atomic mass is 10.1. The summed E-state index contributed by atoms with van der Waals surface area (Å²) in [6.45, 7) is 2.10. The number of aromatic amines is 1. The van der Waals surface area contributed by atoms with Crippen molar-refractivity contribution in [3.8, 4) is 0 Å². The van der Waals surface area contributed by atoms with Crippen LogP contribution in [0.3, 0.4) is 0 Å². The number of H-pyrrole nitrogens is 1. The zero-order valence-electron chi connectivity index (χ0n) is 18.9. The van der Waals surface area contributed by atoms with E-state index in [-0.39, 0.29) is 17.1 Å². The highest BCUT2D eigenvalue weighted by Crippen LogP contribution is 2.25. The molecule has 6 rings (SSSR count). The Morgan fingerprint density at radius 2 is 1.53 bits per heavy atom. The smallest absolute Gasteiger partial charge is 0.340 e. The van der Waals surface area contributed by atoms with Crippen LogP contribution in [0.4, 0.5) is 0 Å². The van der Waals surface area contributed by atoms with Crippen molar-refractivity contribution in [2.75, 3.05) is 6.61 Å². The first kappa shape index (κ1) is 23.1. The summed E-state index contributed by atoms with van der Waals surface area (Å²) in [4.78, 5) is 41.7. The second kappa shape index (κ2) is 9.20. The van der Waals surface area contributed by atoms with Gasteiger partial charge in [-0.2, -0.15) is 0 Å². The van der Waals surface area contributed by atoms with Crippen LogP contribution in [0.25, 0.3) is 33.1 Å². The standard InChI is InChI=1S/C14H11ClN2O2.C12H8N2O3/c1-2-19-14(18)9-5-3-6-10-12(9)16-13(15)11-7-4-8-17(10)11;15-11-9-5-2-6-14(9)8-4-1-3-7(12(16)17)10(8)13-11/h3-8H,2H2,1H3;1-6H,(H,13,15)(H,16,17). The van der Waals surface area contributed by atoms with Crippen molar-refractivity contribution < 1.29 is 19.4 Å². The molecule has 180 valence electrons. The van der Waals surface area contributed by atoms with Gasteiger partial charge in [0.25, 0.3) is 5.56 Å². The molecule has 0 bridgehead atoms. The minimum atomic E-state index is -1.06. The average Bonchev–Trinajstić information content (AvgIpc) is 3.55. The third-order valence-corrected chi connectivity index (χ3v) is 5.97. The SMILES string of the molecule is CCOC(=O)c1cccc2c1nc(Cl)c1cccn12.O=C(O)c1cccc2c1[nH]c(=O)c1cccn12. The van der Waals surface area contributed by atoms with E-state index in [2.05, 4.69) is 9.97 Å². The first-order valence-electron chi connectivity index (χ1n) is 11.0. The maximum Gasteiger partial charge on any atom is 0.340 e. The van der Waals surface area contributed by atoms with Crippen LogP contribution in [0.1, 0.15) is 27.6 Å². The maximum absolute atomic E-state index is 11.9. The first-order valence-corrected chi connectivity index (χ1v) is 11.4. The molecule has 0 atom stereocenters. The van der Waals surface area contributed by atoms with Crippen molar-refractivity contribution >= 4 is 56.6 Å². The largest absolute Gasteiger partial charge is 0.478 e. The number of aromatic nitrogens is 4. The summed E-state index contributed by atoms with van der Waals surface area (Å²) in [5.41, 5.74) is 3.93. The number of carboxylic acids is 1. The molecular formula is C26H19ClN4O5. The Morgan fingerprint density at radius 1 is 0.917 bits per heavy atom. The molecule has 4 heterocycles. The fraction of sp³-hybridized carbons (Fsp3) is 0.0769. The molecule has 0 aliphatic heterocycles. The van der Waals surface area contributed by atoms with Gasteiger partial charge in [-0.15, -0.1) is 0 Å². The normalized spacial score (nSPS) is 11.1. The number of esters is 1. The molecule has 9 nitrogen and oxygen atoms in total. The summed E-state index contributed by atoms with van der Waals surface area (Å²) in [6.07, 6.45) is 3.62. The van der Waals surface area contributed by atoms with Crippen LogP contribution < -0.4 is 5.56 Å². The van der Waals surface area contributed by atoms with Gasteiger partial charge in [0.05, 0.1) is 39.8 Å². The van der Waals surface area contributed by atoms with Crippen molar-refractivity contribution in [1.82, 2.24) is 18.8 Å². The van der Waals surface area contributed by atoms with Gasteiger partial charge in [0.1, 0.15) is 11.0 Å². The molecule has 2 aromatic carbocycles. The number of hydrogen-bond donors (Lipinski definition) is 2. The summed E-state index contributed by atoms with van der Waals surface area (Å²) >= 11 is 6.15. The number of carboxylic acid groups (broad SMARTS) is 1.